The molecule has 3 aromatic carbocycles. The third-order valence-electron chi connectivity index (χ3n) is 10.7. The van der Waals surface area contributed by atoms with E-state index in [1.807, 2.05) is 82.3 Å². The molecular formula is C48H58N2O9. The zero-order valence-electron chi connectivity index (χ0n) is 36.0. The molecule has 1 aliphatic carbocycles. The minimum Gasteiger partial charge on any atom is -0.497 e. The van der Waals surface area contributed by atoms with E-state index < -0.39 is 35.4 Å². The largest absolute Gasteiger partial charge is 0.497 e. The Morgan fingerprint density at radius 2 is 1.51 bits per heavy atom. The number of rotatable bonds is 18. The van der Waals surface area contributed by atoms with Crippen LogP contribution in [-0.2, 0) is 23.9 Å². The van der Waals surface area contributed by atoms with Gasteiger partial charge in [0, 0.05) is 72.4 Å². The molecular weight excluding hydrogens is 749 g/mol. The van der Waals surface area contributed by atoms with Gasteiger partial charge in [-0.3, -0.25) is 19.2 Å². The van der Waals surface area contributed by atoms with Crippen LogP contribution in [0.3, 0.4) is 0 Å². The monoisotopic (exact) mass is 806 g/mol. The Balaban J connectivity index is 1.52. The number of ether oxygens (including phenoxy) is 5. The number of hydrogen-bond acceptors (Lipinski definition) is 10. The summed E-state index contributed by atoms with van der Waals surface area (Å²) in [5, 5.41) is 0.732. The molecule has 1 heterocycles. The molecule has 2 unspecified atom stereocenters. The summed E-state index contributed by atoms with van der Waals surface area (Å²) in [6.07, 6.45) is 1.37. The summed E-state index contributed by atoms with van der Waals surface area (Å²) in [6, 6.07) is 22.4. The number of carbonyl (C=O) groups is 4. The van der Waals surface area contributed by atoms with Crippen LogP contribution in [0.4, 0.5) is 5.69 Å². The van der Waals surface area contributed by atoms with Crippen molar-refractivity contribution in [3.8, 4) is 34.3 Å². The Hall–Kier alpha value is -5.71. The molecule has 0 aliphatic heterocycles. The molecule has 4 atom stereocenters. The fourth-order valence-electron chi connectivity index (χ4n) is 7.48. The summed E-state index contributed by atoms with van der Waals surface area (Å²) in [5.41, 5.74) is 2.31. The van der Waals surface area contributed by atoms with Gasteiger partial charge in [-0.05, 0) is 70.4 Å². The van der Waals surface area contributed by atoms with Crippen LogP contribution in [0.1, 0.15) is 74.1 Å². The van der Waals surface area contributed by atoms with E-state index in [1.54, 1.807) is 64.2 Å². The molecule has 0 radical (unpaired) electrons. The number of allylic oxidation sites excluding steroid dienone is 1. The molecule has 5 rings (SSSR count). The quantitative estimate of drug-likeness (QED) is 0.0897. The molecule has 4 aromatic rings. The second kappa shape index (κ2) is 19.4. The van der Waals surface area contributed by atoms with Crippen LogP contribution in [0.25, 0.3) is 22.2 Å². The van der Waals surface area contributed by atoms with Crippen molar-refractivity contribution in [2.24, 2.45) is 23.7 Å². The minimum absolute atomic E-state index is 0.102. The molecule has 11 nitrogen and oxygen atoms in total. The molecule has 0 saturated carbocycles. The van der Waals surface area contributed by atoms with E-state index >= 15 is 0 Å². The summed E-state index contributed by atoms with van der Waals surface area (Å²) in [7, 11) is 4.68. The number of carbonyl (C=O) groups excluding carboxylic acids is 4. The minimum atomic E-state index is -0.866. The van der Waals surface area contributed by atoms with Crippen LogP contribution in [0.5, 0.6) is 23.0 Å². The zero-order valence-corrected chi connectivity index (χ0v) is 36.0. The van der Waals surface area contributed by atoms with Gasteiger partial charge in [0.05, 0.1) is 44.1 Å². The van der Waals surface area contributed by atoms with Crippen LogP contribution < -0.4 is 23.8 Å². The summed E-state index contributed by atoms with van der Waals surface area (Å²) < 4.78 is 29.0. The van der Waals surface area contributed by atoms with Crippen molar-refractivity contribution in [1.82, 2.24) is 4.98 Å². The molecule has 1 amide bonds. The summed E-state index contributed by atoms with van der Waals surface area (Å²) in [6.45, 7) is 13.2. The van der Waals surface area contributed by atoms with Crippen molar-refractivity contribution in [1.29, 1.82) is 0 Å². The highest BCUT2D eigenvalue weighted by Gasteiger charge is 2.40. The van der Waals surface area contributed by atoms with Crippen LogP contribution in [-0.4, -0.2) is 68.0 Å². The summed E-state index contributed by atoms with van der Waals surface area (Å²) in [4.78, 5) is 63.2. The number of aromatic nitrogens is 1. The molecule has 0 bridgehead atoms. The Morgan fingerprint density at radius 1 is 0.831 bits per heavy atom. The number of ketones is 2. The maximum atomic E-state index is 14.6. The molecule has 314 valence electrons. The Labute approximate surface area is 348 Å². The average Bonchev–Trinajstić information content (AvgIpc) is 3.65. The smallest absolute Gasteiger partial charge is 0.309 e. The third-order valence-corrected chi connectivity index (χ3v) is 10.7. The first-order valence-electron chi connectivity index (χ1n) is 20.4. The highest BCUT2D eigenvalue weighted by Crippen LogP contribution is 2.39. The van der Waals surface area contributed by atoms with Gasteiger partial charge < -0.3 is 28.6 Å². The van der Waals surface area contributed by atoms with E-state index in [-0.39, 0.29) is 48.2 Å². The van der Waals surface area contributed by atoms with Gasteiger partial charge >= 0.3 is 5.97 Å². The van der Waals surface area contributed by atoms with Gasteiger partial charge in [-0.15, -0.1) is 0 Å². The van der Waals surface area contributed by atoms with E-state index in [4.69, 9.17) is 28.7 Å². The maximum absolute atomic E-state index is 14.6. The van der Waals surface area contributed by atoms with Crippen molar-refractivity contribution < 1.29 is 42.9 Å². The number of amides is 1. The first kappa shape index (κ1) is 44.4. The normalized spacial score (nSPS) is 16.2. The van der Waals surface area contributed by atoms with Crippen molar-refractivity contribution in [2.75, 3.05) is 32.8 Å². The van der Waals surface area contributed by atoms with Gasteiger partial charge in [0.15, 0.2) is 5.78 Å². The lowest BCUT2D eigenvalue weighted by molar-refractivity contribution is -0.161. The Kier molecular flexibility index (Phi) is 14.6. The average molecular weight is 807 g/mol. The molecule has 0 fully saturated rings. The molecule has 0 saturated heterocycles. The predicted molar refractivity (Wildman–Crippen MR) is 229 cm³/mol. The standard InChI is InChI=1S/C48H58N2O9/c1-11-30(47(54)59-48(5,6)7)22-42(51)37-23-34(58-45-28-39(31-16-14-13-15-17-31)49-40-25-32(55-8)18-20-35(40)45)24-38(37)43(52)27-36(29(3)4)46(53)50(12-2)41-26-33(56-9)19-21-44(41)57-10/h13-21,24-26,28-30,34,36-37H,11-12,22-23,27H2,1-10H3/t30-,34?,36+,37?/m1/s1. The van der Waals surface area contributed by atoms with Crippen molar-refractivity contribution in [2.45, 2.75) is 85.9 Å². The van der Waals surface area contributed by atoms with Crippen LogP contribution >= 0.6 is 0 Å². The number of benzene rings is 3. The first-order chi connectivity index (χ1) is 28.1. The van der Waals surface area contributed by atoms with Gasteiger partial charge in [0.2, 0.25) is 5.91 Å². The number of methoxy groups -OCH3 is 3. The second-order valence-electron chi connectivity index (χ2n) is 16.2. The van der Waals surface area contributed by atoms with E-state index in [0.29, 0.717) is 52.9 Å². The van der Waals surface area contributed by atoms with Crippen LogP contribution in [0.2, 0.25) is 0 Å². The lowest BCUT2D eigenvalue weighted by Crippen LogP contribution is -2.40. The molecule has 1 aromatic heterocycles. The van der Waals surface area contributed by atoms with E-state index in [2.05, 4.69) is 0 Å². The van der Waals surface area contributed by atoms with Crippen molar-refractivity contribution in [3.05, 3.63) is 84.4 Å². The number of esters is 1. The number of nitrogens with zero attached hydrogens (tertiary/aromatic N) is 2. The van der Waals surface area contributed by atoms with Crippen molar-refractivity contribution in [3.63, 3.8) is 0 Å². The molecule has 11 heteroatoms. The maximum Gasteiger partial charge on any atom is 0.309 e. The third kappa shape index (κ3) is 10.7. The van der Waals surface area contributed by atoms with Crippen LogP contribution in [0, 0.1) is 23.7 Å². The summed E-state index contributed by atoms with van der Waals surface area (Å²) in [5.74, 6) is -1.59. The molecule has 0 N–H and O–H groups in total. The fourth-order valence-corrected chi connectivity index (χ4v) is 7.48. The predicted octanol–water partition coefficient (Wildman–Crippen LogP) is 9.23. The first-order valence-corrected chi connectivity index (χ1v) is 20.4. The van der Waals surface area contributed by atoms with Crippen molar-refractivity contribution >= 4 is 40.0 Å². The number of fused-ring (bicyclic) bond motifs is 1. The Morgan fingerprint density at radius 3 is 2.12 bits per heavy atom. The topological polar surface area (TPSA) is 131 Å². The van der Waals surface area contributed by atoms with E-state index in [1.165, 1.54) is 7.11 Å². The SMILES string of the molecule is CC[C@H](CC(=O)C1CC(Oc2cc(-c3ccccc3)nc3cc(OC)ccc23)C=C1C(=O)C[C@H](C(=O)N(CC)c1cc(OC)ccc1OC)C(C)C)C(=O)OC(C)(C)C. The van der Waals surface area contributed by atoms with Gasteiger partial charge in [-0.2, -0.15) is 0 Å². The van der Waals surface area contributed by atoms with Crippen LogP contribution in [0.15, 0.2) is 84.4 Å². The van der Waals surface area contributed by atoms with Gasteiger partial charge in [0.1, 0.15) is 40.5 Å². The number of hydrogen-bond donors (Lipinski definition) is 0. The molecule has 59 heavy (non-hydrogen) atoms. The van der Waals surface area contributed by atoms with E-state index in [9.17, 15) is 19.2 Å². The highest BCUT2D eigenvalue weighted by atomic mass is 16.6. The lowest BCUT2D eigenvalue weighted by Gasteiger charge is -2.30. The highest BCUT2D eigenvalue weighted by molar-refractivity contribution is 6.06. The number of pyridine rings is 1. The summed E-state index contributed by atoms with van der Waals surface area (Å²) >= 11 is 0. The van der Waals surface area contributed by atoms with Gasteiger partial charge in [-0.25, -0.2) is 4.98 Å². The molecule has 1 aliphatic rings. The second-order valence-corrected chi connectivity index (χ2v) is 16.2. The Bertz CT molecular complexity index is 2170. The molecule has 0 spiro atoms. The van der Waals surface area contributed by atoms with Gasteiger partial charge in [0.25, 0.3) is 0 Å². The fraction of sp³-hybridized carbons (Fsp3) is 0.438. The lowest BCUT2D eigenvalue weighted by atomic mass is 9.82. The number of Topliss-reactive ketones (excluding diaryl/α,β-unsaturated/α-hetero) is 2. The zero-order chi connectivity index (χ0) is 43.0. The van der Waals surface area contributed by atoms with Gasteiger partial charge in [-0.1, -0.05) is 51.1 Å². The number of anilines is 1. The van der Waals surface area contributed by atoms with E-state index in [0.717, 1.165) is 10.9 Å².